The van der Waals surface area contributed by atoms with Crippen LogP contribution in [0.15, 0.2) is 24.3 Å². The number of esters is 1. The van der Waals surface area contributed by atoms with E-state index in [2.05, 4.69) is 12.2 Å². The van der Waals surface area contributed by atoms with Crippen LogP contribution in [0.5, 0.6) is 0 Å². The second-order valence-corrected chi connectivity index (χ2v) is 8.49. The van der Waals surface area contributed by atoms with Gasteiger partial charge in [0.1, 0.15) is 6.04 Å². The molecule has 0 bridgehead atoms. The lowest BCUT2D eigenvalue weighted by molar-refractivity contribution is -0.145. The Hall–Kier alpha value is -1.55. The van der Waals surface area contributed by atoms with Gasteiger partial charge in [-0.1, -0.05) is 108 Å². The molecule has 0 heterocycles. The van der Waals surface area contributed by atoms with E-state index in [0.717, 1.165) is 12.8 Å². The van der Waals surface area contributed by atoms with E-state index in [1.54, 1.807) is 31.2 Å². The normalized spacial score (nSPS) is 11.8. The summed E-state index contributed by atoms with van der Waals surface area (Å²) < 4.78 is 5.28. The van der Waals surface area contributed by atoms with Crippen LogP contribution in [0, 0.1) is 0 Å². The summed E-state index contributed by atoms with van der Waals surface area (Å²) in [5, 5.41) is 3.00. The maximum Gasteiger partial charge on any atom is 0.328 e. The van der Waals surface area contributed by atoms with Crippen molar-refractivity contribution in [2.75, 3.05) is 6.61 Å². The number of hydrogen-bond donors (Lipinski definition) is 1. The average molecular weight is 438 g/mol. The molecule has 1 rings (SSSR count). The summed E-state index contributed by atoms with van der Waals surface area (Å²) in [6.07, 6.45) is 16.7. The maximum atomic E-state index is 12.2. The van der Waals surface area contributed by atoms with E-state index in [1.807, 2.05) is 0 Å². The minimum atomic E-state index is -0.698. The van der Waals surface area contributed by atoms with Crippen LogP contribution in [-0.4, -0.2) is 24.5 Å². The Morgan fingerprint density at radius 1 is 0.867 bits per heavy atom. The first-order valence-corrected chi connectivity index (χ1v) is 12.2. The SMILES string of the molecule is CCCCCCCCCCCCCCCOC(=O)C(C)NC(=O)c1ccccc1Cl. The molecule has 5 heteroatoms. The Kier molecular flexibility index (Phi) is 15.2. The van der Waals surface area contributed by atoms with E-state index < -0.39 is 12.0 Å². The molecule has 0 aliphatic carbocycles. The average Bonchev–Trinajstić information content (AvgIpc) is 2.74. The smallest absolute Gasteiger partial charge is 0.328 e. The van der Waals surface area contributed by atoms with Gasteiger partial charge in [0.2, 0.25) is 0 Å². The predicted molar refractivity (Wildman–Crippen MR) is 125 cm³/mol. The van der Waals surface area contributed by atoms with Crippen LogP contribution < -0.4 is 5.32 Å². The van der Waals surface area contributed by atoms with Crippen molar-refractivity contribution in [2.24, 2.45) is 0 Å². The van der Waals surface area contributed by atoms with Gasteiger partial charge < -0.3 is 10.1 Å². The fourth-order valence-corrected chi connectivity index (χ4v) is 3.62. The third-order valence-electron chi connectivity index (χ3n) is 5.31. The lowest BCUT2D eigenvalue weighted by Gasteiger charge is -2.14. The predicted octanol–water partition coefficient (Wildman–Crippen LogP) is 7.09. The summed E-state index contributed by atoms with van der Waals surface area (Å²) >= 11 is 6.01. The number of rotatable bonds is 17. The number of hydrogen-bond acceptors (Lipinski definition) is 3. The maximum absolute atomic E-state index is 12.2. The zero-order valence-electron chi connectivity index (χ0n) is 18.9. The van der Waals surface area contributed by atoms with Gasteiger partial charge in [0.25, 0.3) is 5.91 Å². The molecule has 1 atom stereocenters. The molecule has 30 heavy (non-hydrogen) atoms. The lowest BCUT2D eigenvalue weighted by atomic mass is 10.0. The molecule has 0 saturated heterocycles. The first kappa shape index (κ1) is 26.5. The zero-order valence-corrected chi connectivity index (χ0v) is 19.6. The highest BCUT2D eigenvalue weighted by atomic mass is 35.5. The molecule has 0 aromatic heterocycles. The van der Waals surface area contributed by atoms with Crippen LogP contribution in [0.2, 0.25) is 5.02 Å². The fourth-order valence-electron chi connectivity index (χ4n) is 3.40. The quantitative estimate of drug-likeness (QED) is 0.209. The Morgan fingerprint density at radius 3 is 1.90 bits per heavy atom. The number of carbonyl (C=O) groups excluding carboxylic acids is 2. The third-order valence-corrected chi connectivity index (χ3v) is 5.64. The molecular formula is C25H40ClNO3. The van der Waals surface area contributed by atoms with Crippen molar-refractivity contribution in [1.82, 2.24) is 5.32 Å². The second kappa shape index (κ2) is 17.2. The fraction of sp³-hybridized carbons (Fsp3) is 0.680. The van der Waals surface area contributed by atoms with Gasteiger partial charge in [0.05, 0.1) is 17.2 Å². The highest BCUT2D eigenvalue weighted by Gasteiger charge is 2.19. The standard InChI is InChI=1S/C25H40ClNO3/c1-3-4-5-6-7-8-9-10-11-12-13-14-17-20-30-25(29)21(2)27-24(28)22-18-15-16-19-23(22)26/h15-16,18-19,21H,3-14,17,20H2,1-2H3,(H,27,28). The first-order chi connectivity index (χ1) is 14.6. The second-order valence-electron chi connectivity index (χ2n) is 8.09. The van der Waals surface area contributed by atoms with Crippen molar-refractivity contribution in [3.8, 4) is 0 Å². The number of halogens is 1. The molecule has 0 saturated carbocycles. The van der Waals surface area contributed by atoms with Crippen molar-refractivity contribution in [3.05, 3.63) is 34.9 Å². The number of nitrogens with one attached hydrogen (secondary N) is 1. The minimum Gasteiger partial charge on any atom is -0.464 e. The molecule has 0 aliphatic heterocycles. The van der Waals surface area contributed by atoms with E-state index in [9.17, 15) is 9.59 Å². The van der Waals surface area contributed by atoms with Crippen molar-refractivity contribution < 1.29 is 14.3 Å². The van der Waals surface area contributed by atoms with Crippen molar-refractivity contribution in [1.29, 1.82) is 0 Å². The summed E-state index contributed by atoms with van der Waals surface area (Å²) in [7, 11) is 0. The first-order valence-electron chi connectivity index (χ1n) is 11.8. The van der Waals surface area contributed by atoms with Crippen LogP contribution in [0.4, 0.5) is 0 Å². The summed E-state index contributed by atoms with van der Waals surface area (Å²) in [4.78, 5) is 24.2. The van der Waals surface area contributed by atoms with Crippen LogP contribution in [0.25, 0.3) is 0 Å². The summed E-state index contributed by atoms with van der Waals surface area (Å²) in [5.74, 6) is -0.777. The third kappa shape index (κ3) is 12.2. The molecule has 1 unspecified atom stereocenters. The molecule has 0 spiro atoms. The van der Waals surface area contributed by atoms with Crippen LogP contribution in [0.3, 0.4) is 0 Å². The van der Waals surface area contributed by atoms with Crippen LogP contribution >= 0.6 is 11.6 Å². The van der Waals surface area contributed by atoms with Gasteiger partial charge in [-0.15, -0.1) is 0 Å². The van der Waals surface area contributed by atoms with Crippen molar-refractivity contribution >= 4 is 23.5 Å². The number of carbonyl (C=O) groups is 2. The number of ether oxygens (including phenoxy) is 1. The number of unbranched alkanes of at least 4 members (excludes halogenated alkanes) is 12. The highest BCUT2D eigenvalue weighted by molar-refractivity contribution is 6.33. The zero-order chi connectivity index (χ0) is 22.0. The molecule has 0 fully saturated rings. The van der Waals surface area contributed by atoms with E-state index in [4.69, 9.17) is 16.3 Å². The molecule has 1 aromatic carbocycles. The van der Waals surface area contributed by atoms with E-state index in [0.29, 0.717) is 17.2 Å². The van der Waals surface area contributed by atoms with Gasteiger partial charge in [-0.25, -0.2) is 4.79 Å². The molecule has 1 amide bonds. The molecule has 0 radical (unpaired) electrons. The van der Waals surface area contributed by atoms with E-state index in [1.165, 1.54) is 70.6 Å². The molecule has 1 N–H and O–H groups in total. The van der Waals surface area contributed by atoms with E-state index >= 15 is 0 Å². The molecule has 4 nitrogen and oxygen atoms in total. The summed E-state index contributed by atoms with van der Waals surface area (Å²) in [6, 6.07) is 6.07. The van der Waals surface area contributed by atoms with Crippen LogP contribution in [0.1, 0.15) is 108 Å². The molecule has 0 aliphatic rings. The largest absolute Gasteiger partial charge is 0.464 e. The lowest BCUT2D eigenvalue weighted by Crippen LogP contribution is -2.39. The number of benzene rings is 1. The summed E-state index contributed by atoms with van der Waals surface area (Å²) in [6.45, 7) is 4.29. The van der Waals surface area contributed by atoms with Gasteiger partial charge >= 0.3 is 5.97 Å². The van der Waals surface area contributed by atoms with Gasteiger partial charge in [0, 0.05) is 0 Å². The Morgan fingerprint density at radius 2 is 1.37 bits per heavy atom. The van der Waals surface area contributed by atoms with Crippen molar-refractivity contribution in [2.45, 2.75) is 103 Å². The topological polar surface area (TPSA) is 55.4 Å². The highest BCUT2D eigenvalue weighted by Crippen LogP contribution is 2.15. The van der Waals surface area contributed by atoms with E-state index in [-0.39, 0.29) is 5.91 Å². The molecular weight excluding hydrogens is 398 g/mol. The van der Waals surface area contributed by atoms with Crippen LogP contribution in [-0.2, 0) is 9.53 Å². The monoisotopic (exact) mass is 437 g/mol. The Labute approximate surface area is 188 Å². The minimum absolute atomic E-state index is 0.357. The van der Waals surface area contributed by atoms with Gasteiger partial charge in [0.15, 0.2) is 0 Å². The Balaban J connectivity index is 1.98. The van der Waals surface area contributed by atoms with Gasteiger partial charge in [-0.3, -0.25) is 4.79 Å². The van der Waals surface area contributed by atoms with Gasteiger partial charge in [-0.2, -0.15) is 0 Å². The molecule has 1 aromatic rings. The summed E-state index contributed by atoms with van der Waals surface area (Å²) in [5.41, 5.74) is 0.357. The van der Waals surface area contributed by atoms with Gasteiger partial charge in [-0.05, 0) is 25.5 Å². The Bertz CT molecular complexity index is 606. The number of amides is 1. The molecule has 170 valence electrons. The van der Waals surface area contributed by atoms with Crippen molar-refractivity contribution in [3.63, 3.8) is 0 Å².